The van der Waals surface area contributed by atoms with Gasteiger partial charge in [-0.3, -0.25) is 19.1 Å². The van der Waals surface area contributed by atoms with Gasteiger partial charge in [-0.25, -0.2) is 0 Å². The van der Waals surface area contributed by atoms with E-state index in [4.69, 9.17) is 11.6 Å². The highest BCUT2D eigenvalue weighted by atomic mass is 35.5. The van der Waals surface area contributed by atoms with Crippen LogP contribution in [0.4, 0.5) is 5.69 Å². The van der Waals surface area contributed by atoms with Crippen molar-refractivity contribution >= 4 is 34.0 Å². The number of non-ortho nitro benzene ring substituents is 1. The second kappa shape index (κ2) is 6.46. The monoisotopic (exact) mass is 290 g/mol. The minimum atomic E-state index is -1.01. The molecule has 98 valence electrons. The zero-order valence-corrected chi connectivity index (χ0v) is 11.1. The van der Waals surface area contributed by atoms with Gasteiger partial charge in [0, 0.05) is 41.5 Å². The maximum absolute atomic E-state index is 11.7. The Morgan fingerprint density at radius 1 is 1.56 bits per heavy atom. The van der Waals surface area contributed by atoms with Gasteiger partial charge in [0.25, 0.3) is 11.6 Å². The fourth-order valence-corrected chi connectivity index (χ4v) is 1.80. The van der Waals surface area contributed by atoms with Gasteiger partial charge in [0.05, 0.1) is 15.5 Å². The van der Waals surface area contributed by atoms with Crippen LogP contribution in [0.2, 0.25) is 5.02 Å². The van der Waals surface area contributed by atoms with Gasteiger partial charge in [-0.05, 0) is 6.07 Å². The van der Waals surface area contributed by atoms with Crippen LogP contribution in [0.25, 0.3) is 0 Å². The van der Waals surface area contributed by atoms with Gasteiger partial charge in [0.2, 0.25) is 0 Å². The molecular formula is C10H11ClN2O4S. The first-order valence-corrected chi connectivity index (χ1v) is 7.04. The summed E-state index contributed by atoms with van der Waals surface area (Å²) in [7, 11) is -1.01. The van der Waals surface area contributed by atoms with Gasteiger partial charge in [0.15, 0.2) is 0 Å². The number of carbonyl (C=O) groups is 1. The molecule has 6 nitrogen and oxygen atoms in total. The Hall–Kier alpha value is -1.47. The number of nitro benzene ring substituents is 1. The van der Waals surface area contributed by atoms with Crippen molar-refractivity contribution < 1.29 is 13.9 Å². The van der Waals surface area contributed by atoms with Crippen LogP contribution < -0.4 is 5.32 Å². The highest BCUT2D eigenvalue weighted by molar-refractivity contribution is 7.84. The van der Waals surface area contributed by atoms with Crippen molar-refractivity contribution in [2.45, 2.75) is 0 Å². The molecule has 0 aliphatic heterocycles. The number of amides is 1. The lowest BCUT2D eigenvalue weighted by Gasteiger charge is -2.05. The number of nitrogens with zero attached hydrogens (tertiary/aromatic N) is 1. The summed E-state index contributed by atoms with van der Waals surface area (Å²) in [4.78, 5) is 21.7. The van der Waals surface area contributed by atoms with Crippen LogP contribution in [0.15, 0.2) is 18.2 Å². The zero-order valence-electron chi connectivity index (χ0n) is 9.51. The summed E-state index contributed by atoms with van der Waals surface area (Å²) < 4.78 is 10.8. The van der Waals surface area contributed by atoms with Crippen LogP contribution in [0, 0.1) is 10.1 Å². The van der Waals surface area contributed by atoms with E-state index in [1.807, 2.05) is 0 Å². The van der Waals surface area contributed by atoms with E-state index in [1.165, 1.54) is 18.4 Å². The molecule has 0 saturated heterocycles. The number of nitrogens with one attached hydrogen (secondary N) is 1. The van der Waals surface area contributed by atoms with Crippen molar-refractivity contribution in [3.63, 3.8) is 0 Å². The maximum Gasteiger partial charge on any atom is 0.270 e. The lowest BCUT2D eigenvalue weighted by atomic mass is 10.2. The molecule has 0 fully saturated rings. The van der Waals surface area contributed by atoms with Crippen LogP contribution in [0.5, 0.6) is 0 Å². The van der Waals surface area contributed by atoms with Gasteiger partial charge >= 0.3 is 0 Å². The molecule has 18 heavy (non-hydrogen) atoms. The first-order valence-electron chi connectivity index (χ1n) is 4.94. The van der Waals surface area contributed by atoms with Crippen molar-refractivity contribution in [2.24, 2.45) is 0 Å². The second-order valence-electron chi connectivity index (χ2n) is 3.45. The average Bonchev–Trinajstić information content (AvgIpc) is 2.28. The van der Waals surface area contributed by atoms with Gasteiger partial charge < -0.3 is 5.32 Å². The molecule has 0 heterocycles. The lowest BCUT2D eigenvalue weighted by molar-refractivity contribution is -0.384. The lowest BCUT2D eigenvalue weighted by Crippen LogP contribution is -2.27. The third kappa shape index (κ3) is 4.08. The predicted octanol–water partition coefficient (Wildman–Crippen LogP) is 1.36. The third-order valence-corrected chi connectivity index (χ3v) is 3.19. The summed E-state index contributed by atoms with van der Waals surface area (Å²) in [6.07, 6.45) is 1.52. The summed E-state index contributed by atoms with van der Waals surface area (Å²) in [6.45, 7) is 0.223. The number of halogens is 1. The van der Waals surface area contributed by atoms with Gasteiger partial charge in [-0.15, -0.1) is 0 Å². The fourth-order valence-electron chi connectivity index (χ4n) is 1.20. The Kier molecular flexibility index (Phi) is 5.24. The Morgan fingerprint density at radius 3 is 2.78 bits per heavy atom. The van der Waals surface area contributed by atoms with E-state index in [2.05, 4.69) is 5.32 Å². The number of nitro groups is 1. The number of benzene rings is 1. The molecule has 0 bridgehead atoms. The topological polar surface area (TPSA) is 89.3 Å². The number of rotatable bonds is 5. The number of hydrogen-bond donors (Lipinski definition) is 1. The van der Waals surface area contributed by atoms with Gasteiger partial charge in [0.1, 0.15) is 0 Å². The van der Waals surface area contributed by atoms with E-state index < -0.39 is 21.6 Å². The third-order valence-electron chi connectivity index (χ3n) is 2.08. The number of hydrogen-bond acceptors (Lipinski definition) is 4. The normalized spacial score (nSPS) is 11.9. The molecule has 0 aromatic heterocycles. The fraction of sp³-hybridized carbons (Fsp3) is 0.300. The van der Waals surface area contributed by atoms with Crippen molar-refractivity contribution in [3.05, 3.63) is 38.9 Å². The second-order valence-corrected chi connectivity index (χ2v) is 5.42. The molecule has 1 aromatic rings. The van der Waals surface area contributed by atoms with E-state index in [0.717, 1.165) is 6.07 Å². The van der Waals surface area contributed by atoms with Gasteiger partial charge in [-0.2, -0.15) is 0 Å². The molecule has 1 atom stereocenters. The minimum Gasteiger partial charge on any atom is -0.351 e. The van der Waals surface area contributed by atoms with Crippen LogP contribution in [0.1, 0.15) is 10.4 Å². The van der Waals surface area contributed by atoms with E-state index in [0.29, 0.717) is 5.75 Å². The summed E-state index contributed by atoms with van der Waals surface area (Å²) in [5.41, 5.74) is -0.170. The van der Waals surface area contributed by atoms with E-state index >= 15 is 0 Å². The largest absolute Gasteiger partial charge is 0.351 e. The van der Waals surface area contributed by atoms with E-state index in [9.17, 15) is 19.1 Å². The quantitative estimate of drug-likeness (QED) is 0.655. The van der Waals surface area contributed by atoms with Crippen LogP contribution in [-0.2, 0) is 10.8 Å². The van der Waals surface area contributed by atoms with Crippen LogP contribution in [0.3, 0.4) is 0 Å². The Balaban J connectivity index is 2.81. The summed E-state index contributed by atoms with van der Waals surface area (Å²) in [5, 5.41) is 13.2. The Labute approximate surface area is 111 Å². The van der Waals surface area contributed by atoms with Crippen molar-refractivity contribution in [3.8, 4) is 0 Å². The van der Waals surface area contributed by atoms with Crippen molar-refractivity contribution in [1.29, 1.82) is 0 Å². The highest BCUT2D eigenvalue weighted by Gasteiger charge is 2.15. The smallest absolute Gasteiger partial charge is 0.270 e. The molecule has 0 radical (unpaired) electrons. The molecule has 1 unspecified atom stereocenters. The van der Waals surface area contributed by atoms with E-state index in [1.54, 1.807) is 0 Å². The SMILES string of the molecule is CS(=O)CCNC(=O)c1cc([N+](=O)[O-])ccc1Cl. The van der Waals surface area contributed by atoms with Crippen LogP contribution in [-0.4, -0.2) is 33.6 Å². The molecule has 0 spiro atoms. The predicted molar refractivity (Wildman–Crippen MR) is 69.4 cm³/mol. The average molecular weight is 291 g/mol. The first kappa shape index (κ1) is 14.6. The molecule has 1 rings (SSSR count). The first-order chi connectivity index (χ1) is 8.41. The maximum atomic E-state index is 11.7. The minimum absolute atomic E-state index is 0.0350. The Morgan fingerprint density at radius 2 is 2.22 bits per heavy atom. The molecule has 0 saturated carbocycles. The zero-order chi connectivity index (χ0) is 13.7. The molecule has 1 amide bonds. The van der Waals surface area contributed by atoms with Crippen molar-refractivity contribution in [2.75, 3.05) is 18.6 Å². The Bertz CT molecular complexity index is 507. The van der Waals surface area contributed by atoms with Crippen molar-refractivity contribution in [1.82, 2.24) is 5.32 Å². The van der Waals surface area contributed by atoms with Gasteiger partial charge in [-0.1, -0.05) is 11.6 Å². The molecule has 8 heteroatoms. The summed E-state index contributed by atoms with van der Waals surface area (Å²) in [6, 6.07) is 3.63. The number of carbonyl (C=O) groups excluding carboxylic acids is 1. The molecule has 0 aliphatic rings. The molecule has 1 N–H and O–H groups in total. The highest BCUT2D eigenvalue weighted by Crippen LogP contribution is 2.21. The molecular weight excluding hydrogens is 280 g/mol. The van der Waals surface area contributed by atoms with E-state index in [-0.39, 0.29) is 22.8 Å². The summed E-state index contributed by atoms with van der Waals surface area (Å²) >= 11 is 5.79. The molecule has 0 aliphatic carbocycles. The van der Waals surface area contributed by atoms with Crippen LogP contribution >= 0.6 is 11.6 Å². The summed E-state index contributed by atoms with van der Waals surface area (Å²) in [5.74, 6) is -0.202. The molecule has 1 aromatic carbocycles. The standard InChI is InChI=1S/C10H11ClN2O4S/c1-18(17)5-4-12-10(14)8-6-7(13(15)16)2-3-9(8)11/h2-3,6H,4-5H2,1H3,(H,12,14).